The molecule has 0 fully saturated rings. The minimum atomic E-state index is -0.145. The molecule has 0 saturated heterocycles. The van der Waals surface area contributed by atoms with Crippen molar-refractivity contribution in [2.75, 3.05) is 13.2 Å². The molecule has 0 aliphatic rings. The van der Waals surface area contributed by atoms with Gasteiger partial charge in [-0.3, -0.25) is 4.79 Å². The van der Waals surface area contributed by atoms with Gasteiger partial charge in [-0.15, -0.1) is 0 Å². The lowest BCUT2D eigenvalue weighted by Gasteiger charge is -2.12. The lowest BCUT2D eigenvalue weighted by atomic mass is 9.97. The molecule has 120 valence electrons. The molecule has 0 atom stereocenters. The molecule has 1 rings (SSSR count). The van der Waals surface area contributed by atoms with Crippen molar-refractivity contribution in [3.05, 3.63) is 17.3 Å². The number of carbonyl (C=O) groups is 1. The van der Waals surface area contributed by atoms with Gasteiger partial charge in [-0.05, 0) is 27.2 Å². The van der Waals surface area contributed by atoms with Crippen LogP contribution in [-0.2, 0) is 21.4 Å². The predicted molar refractivity (Wildman–Crippen MR) is 82.4 cm³/mol. The highest BCUT2D eigenvalue weighted by Gasteiger charge is 2.23. The minimum Gasteiger partial charge on any atom is -0.444 e. The zero-order valence-electron chi connectivity index (χ0n) is 14.1. The van der Waals surface area contributed by atoms with E-state index in [-0.39, 0.29) is 23.8 Å². The van der Waals surface area contributed by atoms with Gasteiger partial charge in [0.15, 0.2) is 5.89 Å². The first-order valence-electron chi connectivity index (χ1n) is 7.55. The molecule has 1 N–H and O–H groups in total. The number of carbonyl (C=O) groups excluding carboxylic acids is 1. The van der Waals surface area contributed by atoms with Crippen LogP contribution >= 0.6 is 0 Å². The Morgan fingerprint density at radius 2 is 2.05 bits per heavy atom. The first-order valence-corrected chi connectivity index (χ1v) is 7.55. The van der Waals surface area contributed by atoms with Gasteiger partial charge in [0.1, 0.15) is 5.76 Å². The summed E-state index contributed by atoms with van der Waals surface area (Å²) in [5.74, 6) is 1.28. The molecule has 0 aliphatic heterocycles. The Morgan fingerprint density at radius 1 is 1.38 bits per heavy atom. The molecule has 21 heavy (non-hydrogen) atoms. The molecule has 0 saturated carbocycles. The van der Waals surface area contributed by atoms with Gasteiger partial charge in [-0.2, -0.15) is 0 Å². The summed E-state index contributed by atoms with van der Waals surface area (Å²) in [7, 11) is 0. The summed E-state index contributed by atoms with van der Waals surface area (Å²) < 4.78 is 11.1. The summed E-state index contributed by atoms with van der Waals surface area (Å²) >= 11 is 0. The van der Waals surface area contributed by atoms with Crippen molar-refractivity contribution in [1.82, 2.24) is 10.3 Å². The molecule has 0 bridgehead atoms. The number of aromatic nitrogens is 1. The largest absolute Gasteiger partial charge is 0.444 e. The van der Waals surface area contributed by atoms with Crippen LogP contribution in [0.5, 0.6) is 0 Å². The second kappa shape index (κ2) is 7.59. The number of aryl methyl sites for hydroxylation is 1. The first kappa shape index (κ1) is 17.7. The summed E-state index contributed by atoms with van der Waals surface area (Å²) in [6, 6.07) is 0. The van der Waals surface area contributed by atoms with Crippen LogP contribution in [0.15, 0.2) is 4.42 Å². The van der Waals surface area contributed by atoms with Gasteiger partial charge >= 0.3 is 0 Å². The smallest absolute Gasteiger partial charge is 0.227 e. The lowest BCUT2D eigenvalue weighted by molar-refractivity contribution is -0.120. The van der Waals surface area contributed by atoms with Crippen LogP contribution in [0.3, 0.4) is 0 Å². The average Bonchev–Trinajstić information content (AvgIpc) is 2.70. The SMILES string of the molecule is Cc1nc(C(C)(C)C)oc1CC(=O)NCCCOC(C)C. The molecule has 0 aromatic carbocycles. The van der Waals surface area contributed by atoms with Gasteiger partial charge in [0.25, 0.3) is 0 Å². The molecular formula is C16H28N2O3. The molecule has 0 aliphatic carbocycles. The third-order valence-corrected chi connectivity index (χ3v) is 2.95. The Hall–Kier alpha value is -1.36. The summed E-state index contributed by atoms with van der Waals surface area (Å²) in [6.07, 6.45) is 1.28. The van der Waals surface area contributed by atoms with E-state index in [1.54, 1.807) is 0 Å². The highest BCUT2D eigenvalue weighted by atomic mass is 16.5. The van der Waals surface area contributed by atoms with E-state index in [0.29, 0.717) is 24.8 Å². The first-order chi connectivity index (χ1) is 9.70. The van der Waals surface area contributed by atoms with E-state index >= 15 is 0 Å². The second-order valence-electron chi connectivity index (χ2n) is 6.58. The summed E-state index contributed by atoms with van der Waals surface area (Å²) in [6.45, 7) is 13.3. The minimum absolute atomic E-state index is 0.0424. The van der Waals surface area contributed by atoms with Crippen molar-refractivity contribution >= 4 is 5.91 Å². The van der Waals surface area contributed by atoms with E-state index < -0.39 is 0 Å². The number of nitrogens with zero attached hydrogens (tertiary/aromatic N) is 1. The van der Waals surface area contributed by atoms with Crippen LogP contribution in [0.4, 0.5) is 0 Å². The van der Waals surface area contributed by atoms with E-state index in [1.807, 2.05) is 41.5 Å². The maximum absolute atomic E-state index is 11.9. The molecule has 0 spiro atoms. The van der Waals surface area contributed by atoms with Crippen molar-refractivity contribution in [3.8, 4) is 0 Å². The monoisotopic (exact) mass is 296 g/mol. The third-order valence-electron chi connectivity index (χ3n) is 2.95. The van der Waals surface area contributed by atoms with Gasteiger partial charge in [0.2, 0.25) is 5.91 Å². The number of ether oxygens (including phenoxy) is 1. The highest BCUT2D eigenvalue weighted by molar-refractivity contribution is 5.78. The number of rotatable bonds is 7. The molecule has 1 aromatic rings. The molecular weight excluding hydrogens is 268 g/mol. The van der Waals surface area contributed by atoms with Crippen LogP contribution in [0, 0.1) is 6.92 Å². The van der Waals surface area contributed by atoms with Crippen molar-refractivity contribution in [3.63, 3.8) is 0 Å². The fraction of sp³-hybridized carbons (Fsp3) is 0.750. The van der Waals surface area contributed by atoms with Gasteiger partial charge < -0.3 is 14.5 Å². The Balaban J connectivity index is 2.40. The fourth-order valence-corrected chi connectivity index (χ4v) is 1.74. The summed E-state index contributed by atoms with van der Waals surface area (Å²) in [5, 5.41) is 2.87. The fourth-order valence-electron chi connectivity index (χ4n) is 1.74. The van der Waals surface area contributed by atoms with Crippen LogP contribution < -0.4 is 5.32 Å². The number of oxazole rings is 1. The van der Waals surface area contributed by atoms with Crippen LogP contribution in [0.2, 0.25) is 0 Å². The molecule has 0 radical (unpaired) electrons. The van der Waals surface area contributed by atoms with Gasteiger partial charge in [-0.25, -0.2) is 4.98 Å². The number of nitrogens with one attached hydrogen (secondary N) is 1. The standard InChI is InChI=1S/C16H28N2O3/c1-11(2)20-9-7-8-17-14(19)10-13-12(3)18-15(21-13)16(4,5)6/h11H,7-10H2,1-6H3,(H,17,19). The number of amides is 1. The maximum atomic E-state index is 11.9. The lowest BCUT2D eigenvalue weighted by Crippen LogP contribution is -2.27. The highest BCUT2D eigenvalue weighted by Crippen LogP contribution is 2.23. The second-order valence-corrected chi connectivity index (χ2v) is 6.58. The molecule has 1 amide bonds. The normalized spacial score (nSPS) is 12.0. The summed E-state index contributed by atoms with van der Waals surface area (Å²) in [4.78, 5) is 16.3. The van der Waals surface area contributed by atoms with Gasteiger partial charge in [0, 0.05) is 18.6 Å². The van der Waals surface area contributed by atoms with E-state index in [0.717, 1.165) is 12.1 Å². The molecule has 1 heterocycles. The molecule has 1 aromatic heterocycles. The topological polar surface area (TPSA) is 64.4 Å². The van der Waals surface area contributed by atoms with E-state index in [9.17, 15) is 4.79 Å². The van der Waals surface area contributed by atoms with Crippen molar-refractivity contribution in [2.45, 2.75) is 65.9 Å². The third kappa shape index (κ3) is 6.29. The quantitative estimate of drug-likeness (QED) is 0.786. The van der Waals surface area contributed by atoms with Crippen LogP contribution in [-0.4, -0.2) is 30.1 Å². The van der Waals surface area contributed by atoms with Crippen LogP contribution in [0.25, 0.3) is 0 Å². The van der Waals surface area contributed by atoms with Gasteiger partial charge in [0.05, 0.1) is 18.2 Å². The summed E-state index contributed by atoms with van der Waals surface area (Å²) in [5.41, 5.74) is 0.645. The Morgan fingerprint density at radius 3 is 2.57 bits per heavy atom. The Labute approximate surface area is 127 Å². The Kier molecular flexibility index (Phi) is 6.40. The van der Waals surface area contributed by atoms with Crippen molar-refractivity contribution in [2.24, 2.45) is 0 Å². The maximum Gasteiger partial charge on any atom is 0.227 e. The van der Waals surface area contributed by atoms with Crippen molar-refractivity contribution in [1.29, 1.82) is 0 Å². The van der Waals surface area contributed by atoms with E-state index in [2.05, 4.69) is 10.3 Å². The average molecular weight is 296 g/mol. The van der Waals surface area contributed by atoms with E-state index in [4.69, 9.17) is 9.15 Å². The Bertz CT molecular complexity index is 459. The van der Waals surface area contributed by atoms with Crippen LogP contribution in [0.1, 0.15) is 58.4 Å². The zero-order chi connectivity index (χ0) is 16.0. The zero-order valence-corrected chi connectivity index (χ0v) is 14.1. The van der Waals surface area contributed by atoms with Gasteiger partial charge in [-0.1, -0.05) is 20.8 Å². The molecule has 5 nitrogen and oxygen atoms in total. The number of hydrogen-bond donors (Lipinski definition) is 1. The van der Waals surface area contributed by atoms with Crippen molar-refractivity contribution < 1.29 is 13.9 Å². The number of hydrogen-bond acceptors (Lipinski definition) is 4. The predicted octanol–water partition coefficient (Wildman–Crippen LogP) is 2.75. The van der Waals surface area contributed by atoms with E-state index in [1.165, 1.54) is 0 Å². The molecule has 5 heteroatoms. The molecule has 0 unspecified atom stereocenters.